The lowest BCUT2D eigenvalue weighted by Gasteiger charge is -2.21. The van der Waals surface area contributed by atoms with Crippen LogP contribution in [-0.4, -0.2) is 54.7 Å². The molecule has 2 heterocycles. The smallest absolute Gasteiger partial charge is 0.307 e. The van der Waals surface area contributed by atoms with Crippen molar-refractivity contribution in [3.8, 4) is 0 Å². The van der Waals surface area contributed by atoms with Crippen LogP contribution in [-0.2, 0) is 9.53 Å². The molecule has 1 unspecified atom stereocenters. The summed E-state index contributed by atoms with van der Waals surface area (Å²) in [4.78, 5) is 20.6. The van der Waals surface area contributed by atoms with Gasteiger partial charge in [-0.25, -0.2) is 9.97 Å². The first-order valence-electron chi connectivity index (χ1n) is 13.6. The van der Waals surface area contributed by atoms with E-state index in [1.165, 1.54) is 77.1 Å². The van der Waals surface area contributed by atoms with E-state index in [0.29, 0.717) is 0 Å². The molecule has 2 aromatic rings. The van der Waals surface area contributed by atoms with Crippen molar-refractivity contribution in [2.75, 3.05) is 0 Å². The quantitative estimate of drug-likeness (QED) is 0.143. The summed E-state index contributed by atoms with van der Waals surface area (Å²) < 4.78 is 16.3. The van der Waals surface area contributed by atoms with Gasteiger partial charge in [-0.3, -0.25) is 4.79 Å². The predicted octanol–water partition coefficient (Wildman–Crippen LogP) is 4.52. The number of rotatable bonds is 20. The summed E-state index contributed by atoms with van der Waals surface area (Å²) in [5.74, 6) is -0.212. The Morgan fingerprint density at radius 1 is 0.946 bits per heavy atom. The van der Waals surface area contributed by atoms with Crippen LogP contribution in [0.3, 0.4) is 0 Å². The molecule has 2 rings (SSSR count). The van der Waals surface area contributed by atoms with Gasteiger partial charge in [-0.2, -0.15) is 0 Å². The molecule has 0 amide bonds. The number of unbranched alkanes of at least 4 members (excludes halogenated alkanes) is 10. The van der Waals surface area contributed by atoms with Crippen LogP contribution in [0.1, 0.15) is 127 Å². The normalized spacial score (nSPS) is 15.7. The van der Waals surface area contributed by atoms with Crippen molar-refractivity contribution in [1.29, 1.82) is 0 Å². The first-order valence-corrected chi connectivity index (χ1v) is 13.6. The minimum absolute atomic E-state index is 0.0105. The van der Waals surface area contributed by atoms with Gasteiger partial charge >= 0.3 is 5.97 Å². The summed E-state index contributed by atoms with van der Waals surface area (Å²) in [5, 5.41) is 39.5. The van der Waals surface area contributed by atoms with Gasteiger partial charge in [0.15, 0.2) is 12.2 Å². The van der Waals surface area contributed by atoms with Crippen LogP contribution in [0.4, 0.5) is 0 Å². The van der Waals surface area contributed by atoms with Crippen molar-refractivity contribution in [3.05, 3.63) is 36.2 Å². The van der Waals surface area contributed by atoms with Gasteiger partial charge in [-0.1, -0.05) is 71.1 Å². The van der Waals surface area contributed by atoms with E-state index in [4.69, 9.17) is 13.6 Å². The SMILES string of the molecule is CCCCCCCCCCCCCC(=O)OC(c1cnco1)c1nc([C@@H](O)C[C@@H](O)[C@@H](O)[C@@H](C)O)co1. The Hall–Kier alpha value is -2.27. The summed E-state index contributed by atoms with van der Waals surface area (Å²) in [7, 11) is 0. The molecule has 0 spiro atoms. The van der Waals surface area contributed by atoms with E-state index in [9.17, 15) is 25.2 Å². The highest BCUT2D eigenvalue weighted by molar-refractivity contribution is 5.69. The molecule has 0 radical (unpaired) electrons. The summed E-state index contributed by atoms with van der Waals surface area (Å²) in [5.41, 5.74) is 0.0813. The van der Waals surface area contributed by atoms with E-state index >= 15 is 0 Å². The monoisotopic (exact) mass is 524 g/mol. The van der Waals surface area contributed by atoms with Crippen molar-refractivity contribution < 1.29 is 38.8 Å². The molecule has 4 N–H and O–H groups in total. The molecular weight excluding hydrogens is 480 g/mol. The third kappa shape index (κ3) is 11.3. The lowest BCUT2D eigenvalue weighted by molar-refractivity contribution is -0.149. The molecule has 0 bridgehead atoms. The third-order valence-electron chi connectivity index (χ3n) is 6.40. The molecule has 10 heteroatoms. The Kier molecular flexibility index (Phi) is 14.5. The topological polar surface area (TPSA) is 159 Å². The van der Waals surface area contributed by atoms with Gasteiger partial charge < -0.3 is 34.0 Å². The second-order valence-electron chi connectivity index (χ2n) is 9.72. The highest BCUT2D eigenvalue weighted by Crippen LogP contribution is 2.29. The number of oxazole rings is 2. The number of carbonyl (C=O) groups is 1. The van der Waals surface area contributed by atoms with Crippen LogP contribution in [0.5, 0.6) is 0 Å². The number of aliphatic hydroxyl groups excluding tert-OH is 4. The number of hydrogen-bond acceptors (Lipinski definition) is 10. The number of ether oxygens (including phenoxy) is 1. The van der Waals surface area contributed by atoms with Crippen LogP contribution in [0.25, 0.3) is 0 Å². The lowest BCUT2D eigenvalue weighted by atomic mass is 10.0. The van der Waals surface area contributed by atoms with E-state index < -0.39 is 36.5 Å². The number of aliphatic hydroxyl groups is 4. The van der Waals surface area contributed by atoms with Crippen LogP contribution >= 0.6 is 0 Å². The van der Waals surface area contributed by atoms with Crippen LogP contribution in [0.15, 0.2) is 27.7 Å². The molecule has 0 saturated heterocycles. The molecule has 0 saturated carbocycles. The van der Waals surface area contributed by atoms with Gasteiger partial charge in [0.1, 0.15) is 24.2 Å². The molecule has 10 nitrogen and oxygen atoms in total. The number of aromatic nitrogens is 2. The van der Waals surface area contributed by atoms with E-state index in [0.717, 1.165) is 19.3 Å². The van der Waals surface area contributed by atoms with E-state index in [1.54, 1.807) is 0 Å². The van der Waals surface area contributed by atoms with Gasteiger partial charge in [-0.05, 0) is 13.3 Å². The molecule has 2 aromatic heterocycles. The fourth-order valence-electron chi connectivity index (χ4n) is 4.09. The van der Waals surface area contributed by atoms with Crippen molar-refractivity contribution >= 4 is 5.97 Å². The number of hydrogen-bond donors (Lipinski definition) is 4. The maximum Gasteiger partial charge on any atom is 0.307 e. The van der Waals surface area contributed by atoms with Crippen molar-refractivity contribution in [1.82, 2.24) is 9.97 Å². The van der Waals surface area contributed by atoms with Gasteiger partial charge in [0.25, 0.3) is 0 Å². The fourth-order valence-corrected chi connectivity index (χ4v) is 4.09. The zero-order valence-electron chi connectivity index (χ0n) is 22.1. The number of nitrogens with zero attached hydrogens (tertiary/aromatic N) is 2. The third-order valence-corrected chi connectivity index (χ3v) is 6.40. The summed E-state index contributed by atoms with van der Waals surface area (Å²) in [6.07, 6.45) is 10.5. The molecule has 5 atom stereocenters. The Morgan fingerprint density at radius 3 is 2.14 bits per heavy atom. The molecular formula is C27H44N2O8. The van der Waals surface area contributed by atoms with Gasteiger partial charge in [-0.15, -0.1) is 0 Å². The second-order valence-corrected chi connectivity index (χ2v) is 9.72. The van der Waals surface area contributed by atoms with E-state index in [-0.39, 0.29) is 30.2 Å². The van der Waals surface area contributed by atoms with E-state index in [1.807, 2.05) is 0 Å². The standard InChI is InChI=1S/C27H44N2O8/c1-3-4-5-6-7-8-9-10-11-12-13-14-24(33)37-26(23-16-28-18-36-23)27-29-20(17-35-27)21(31)15-22(32)25(34)19(2)30/h16-19,21-22,25-26,30-32,34H,3-15H2,1-2H3/t19-,21+,22-,25+,26?/m1/s1. The summed E-state index contributed by atoms with van der Waals surface area (Å²) in [6.45, 7) is 3.56. The first-order chi connectivity index (χ1) is 17.8. The van der Waals surface area contributed by atoms with E-state index in [2.05, 4.69) is 16.9 Å². The average Bonchev–Trinajstić information content (AvgIpc) is 3.58. The Bertz CT molecular complexity index is 854. The fraction of sp³-hybridized carbons (Fsp3) is 0.741. The summed E-state index contributed by atoms with van der Waals surface area (Å²) in [6, 6.07) is 0. The predicted molar refractivity (Wildman–Crippen MR) is 135 cm³/mol. The zero-order chi connectivity index (χ0) is 27.0. The molecule has 0 aromatic carbocycles. The average molecular weight is 525 g/mol. The Balaban J connectivity index is 1.79. The van der Waals surface area contributed by atoms with Crippen LogP contribution in [0.2, 0.25) is 0 Å². The largest absolute Gasteiger partial charge is 0.445 e. The number of esters is 1. The molecule has 0 fully saturated rings. The number of carbonyl (C=O) groups excluding carboxylic acids is 1. The zero-order valence-corrected chi connectivity index (χ0v) is 22.1. The maximum absolute atomic E-state index is 12.5. The Labute approximate surface area is 219 Å². The van der Waals surface area contributed by atoms with Crippen LogP contribution < -0.4 is 0 Å². The summed E-state index contributed by atoms with van der Waals surface area (Å²) >= 11 is 0. The van der Waals surface area contributed by atoms with Crippen molar-refractivity contribution in [2.45, 2.75) is 128 Å². The highest BCUT2D eigenvalue weighted by atomic mass is 16.6. The van der Waals surface area contributed by atoms with Gasteiger partial charge in [0.05, 0.1) is 18.4 Å². The molecule has 210 valence electrons. The molecule has 0 aliphatic rings. The highest BCUT2D eigenvalue weighted by Gasteiger charge is 2.30. The first kappa shape index (κ1) is 31.0. The van der Waals surface area contributed by atoms with Crippen LogP contribution in [0, 0.1) is 0 Å². The van der Waals surface area contributed by atoms with Gasteiger partial charge in [0.2, 0.25) is 12.0 Å². The molecule has 0 aliphatic heterocycles. The van der Waals surface area contributed by atoms with Gasteiger partial charge in [0, 0.05) is 12.8 Å². The van der Waals surface area contributed by atoms with Crippen molar-refractivity contribution in [2.24, 2.45) is 0 Å². The second kappa shape index (κ2) is 17.3. The molecule has 0 aliphatic carbocycles. The van der Waals surface area contributed by atoms with Crippen molar-refractivity contribution in [3.63, 3.8) is 0 Å². The minimum Gasteiger partial charge on any atom is -0.445 e. The maximum atomic E-state index is 12.5. The molecule has 37 heavy (non-hydrogen) atoms. The lowest BCUT2D eigenvalue weighted by Crippen LogP contribution is -2.36. The Morgan fingerprint density at radius 2 is 1.57 bits per heavy atom. The minimum atomic E-state index is -1.42.